The van der Waals surface area contributed by atoms with E-state index in [9.17, 15) is 9.18 Å². The molecule has 1 fully saturated rings. The first-order valence-corrected chi connectivity index (χ1v) is 5.94. The fraction of sp³-hybridized carbons (Fsp3) is 0.538. The molecule has 0 spiro atoms. The number of ether oxygens (including phenoxy) is 1. The predicted octanol–water partition coefficient (Wildman–Crippen LogP) is 2.81. The standard InChI is InChI=1S/C13H16FNO2/c1-9(16)17-11-6-4-10(5-7-11)13-12(14)3-2-8-15-13/h2-3,8,10-11H,4-7H2,1H3. The second-order valence-corrected chi connectivity index (χ2v) is 4.45. The van der Waals surface area contributed by atoms with Crippen molar-refractivity contribution in [1.82, 2.24) is 4.98 Å². The highest BCUT2D eigenvalue weighted by Gasteiger charge is 2.26. The molecule has 17 heavy (non-hydrogen) atoms. The molecule has 0 amide bonds. The van der Waals surface area contributed by atoms with E-state index in [4.69, 9.17) is 4.74 Å². The molecule has 2 rings (SSSR count). The van der Waals surface area contributed by atoms with Crippen LogP contribution in [0.2, 0.25) is 0 Å². The van der Waals surface area contributed by atoms with Gasteiger partial charge in [-0.2, -0.15) is 0 Å². The summed E-state index contributed by atoms with van der Waals surface area (Å²) >= 11 is 0. The van der Waals surface area contributed by atoms with Crippen molar-refractivity contribution in [2.45, 2.75) is 44.6 Å². The normalized spacial score (nSPS) is 24.4. The molecule has 0 radical (unpaired) electrons. The Labute approximate surface area is 100 Å². The van der Waals surface area contributed by atoms with Gasteiger partial charge in [0.15, 0.2) is 0 Å². The van der Waals surface area contributed by atoms with Crippen LogP contribution < -0.4 is 0 Å². The molecule has 1 heterocycles. The molecule has 0 aliphatic heterocycles. The van der Waals surface area contributed by atoms with Crippen molar-refractivity contribution in [2.75, 3.05) is 0 Å². The lowest BCUT2D eigenvalue weighted by molar-refractivity contribution is -0.147. The average molecular weight is 237 g/mol. The third kappa shape index (κ3) is 3.02. The number of rotatable bonds is 2. The van der Waals surface area contributed by atoms with E-state index in [2.05, 4.69) is 4.98 Å². The quantitative estimate of drug-likeness (QED) is 0.742. The van der Waals surface area contributed by atoms with E-state index in [-0.39, 0.29) is 23.8 Å². The molecule has 3 nitrogen and oxygen atoms in total. The summed E-state index contributed by atoms with van der Waals surface area (Å²) in [5.41, 5.74) is 0.550. The Morgan fingerprint density at radius 1 is 1.41 bits per heavy atom. The minimum absolute atomic E-state index is 0.00414. The molecule has 0 N–H and O–H groups in total. The Morgan fingerprint density at radius 3 is 2.71 bits per heavy atom. The summed E-state index contributed by atoms with van der Waals surface area (Å²) in [6, 6.07) is 3.05. The molecule has 0 bridgehead atoms. The highest BCUT2D eigenvalue weighted by atomic mass is 19.1. The van der Waals surface area contributed by atoms with E-state index in [1.807, 2.05) is 0 Å². The molecule has 4 heteroatoms. The molecule has 0 atom stereocenters. The number of carbonyl (C=O) groups is 1. The Hall–Kier alpha value is -1.45. The van der Waals surface area contributed by atoms with E-state index >= 15 is 0 Å². The number of hydrogen-bond donors (Lipinski definition) is 0. The van der Waals surface area contributed by atoms with Crippen molar-refractivity contribution in [1.29, 1.82) is 0 Å². The van der Waals surface area contributed by atoms with Crippen LogP contribution in [0.15, 0.2) is 18.3 Å². The van der Waals surface area contributed by atoms with Crippen LogP contribution in [0.3, 0.4) is 0 Å². The van der Waals surface area contributed by atoms with E-state index in [1.165, 1.54) is 13.0 Å². The molecule has 92 valence electrons. The SMILES string of the molecule is CC(=O)OC1CCC(c2ncccc2F)CC1. The Bertz CT molecular complexity index is 400. The molecule has 0 aromatic carbocycles. The smallest absolute Gasteiger partial charge is 0.302 e. The van der Waals surface area contributed by atoms with Crippen LogP contribution in [-0.2, 0) is 9.53 Å². The van der Waals surface area contributed by atoms with Crippen molar-refractivity contribution in [3.63, 3.8) is 0 Å². The lowest BCUT2D eigenvalue weighted by atomic mass is 9.85. The highest BCUT2D eigenvalue weighted by Crippen LogP contribution is 2.33. The van der Waals surface area contributed by atoms with Gasteiger partial charge in [0.1, 0.15) is 11.9 Å². The van der Waals surface area contributed by atoms with Crippen LogP contribution in [0.5, 0.6) is 0 Å². The zero-order valence-corrected chi connectivity index (χ0v) is 9.86. The number of aromatic nitrogens is 1. The molecule has 1 aromatic heterocycles. The largest absolute Gasteiger partial charge is 0.463 e. The summed E-state index contributed by atoms with van der Waals surface area (Å²) in [7, 11) is 0. The maximum absolute atomic E-state index is 13.5. The number of pyridine rings is 1. The summed E-state index contributed by atoms with van der Waals surface area (Å²) < 4.78 is 18.7. The topological polar surface area (TPSA) is 39.2 Å². The molecule has 0 saturated heterocycles. The Morgan fingerprint density at radius 2 is 2.12 bits per heavy atom. The van der Waals surface area contributed by atoms with Gasteiger partial charge >= 0.3 is 5.97 Å². The van der Waals surface area contributed by atoms with Crippen molar-refractivity contribution >= 4 is 5.97 Å². The van der Waals surface area contributed by atoms with Gasteiger partial charge in [0.2, 0.25) is 0 Å². The van der Waals surface area contributed by atoms with E-state index < -0.39 is 0 Å². The molecular weight excluding hydrogens is 221 g/mol. The van der Waals surface area contributed by atoms with E-state index in [1.54, 1.807) is 12.3 Å². The van der Waals surface area contributed by atoms with Crippen LogP contribution >= 0.6 is 0 Å². The highest BCUT2D eigenvalue weighted by molar-refractivity contribution is 5.66. The first kappa shape index (κ1) is 12.0. The van der Waals surface area contributed by atoms with Gasteiger partial charge in [-0.05, 0) is 37.8 Å². The number of carbonyl (C=O) groups excluding carboxylic acids is 1. The Balaban J connectivity index is 1.95. The maximum atomic E-state index is 13.5. The van der Waals surface area contributed by atoms with Gasteiger partial charge in [0, 0.05) is 19.0 Å². The third-order valence-electron chi connectivity index (χ3n) is 3.18. The summed E-state index contributed by atoms with van der Waals surface area (Å²) in [5.74, 6) is -0.316. The maximum Gasteiger partial charge on any atom is 0.302 e. The van der Waals surface area contributed by atoms with Crippen molar-refractivity contribution in [3.05, 3.63) is 29.8 Å². The average Bonchev–Trinajstić information content (AvgIpc) is 2.30. The zero-order chi connectivity index (χ0) is 12.3. The van der Waals surface area contributed by atoms with E-state index in [0.717, 1.165) is 25.7 Å². The fourth-order valence-corrected chi connectivity index (χ4v) is 2.39. The summed E-state index contributed by atoms with van der Waals surface area (Å²) in [5, 5.41) is 0. The van der Waals surface area contributed by atoms with Gasteiger partial charge in [-0.15, -0.1) is 0 Å². The molecule has 1 aliphatic rings. The first-order chi connectivity index (χ1) is 8.16. The number of halogens is 1. The second kappa shape index (κ2) is 5.25. The molecule has 1 aromatic rings. The van der Waals surface area contributed by atoms with Crippen LogP contribution in [0.4, 0.5) is 4.39 Å². The number of esters is 1. The number of nitrogens with zero attached hydrogens (tertiary/aromatic N) is 1. The third-order valence-corrected chi connectivity index (χ3v) is 3.18. The van der Waals surface area contributed by atoms with Gasteiger partial charge in [-0.3, -0.25) is 9.78 Å². The predicted molar refractivity (Wildman–Crippen MR) is 61.0 cm³/mol. The van der Waals surface area contributed by atoms with Gasteiger partial charge in [0.05, 0.1) is 5.69 Å². The molecule has 1 aliphatic carbocycles. The molecule has 0 unspecified atom stereocenters. The van der Waals surface area contributed by atoms with Crippen molar-refractivity contribution in [2.24, 2.45) is 0 Å². The summed E-state index contributed by atoms with van der Waals surface area (Å²) in [6.45, 7) is 1.42. The van der Waals surface area contributed by atoms with E-state index in [0.29, 0.717) is 5.69 Å². The van der Waals surface area contributed by atoms with Crippen molar-refractivity contribution in [3.8, 4) is 0 Å². The van der Waals surface area contributed by atoms with Crippen molar-refractivity contribution < 1.29 is 13.9 Å². The van der Waals surface area contributed by atoms with Gasteiger partial charge in [-0.1, -0.05) is 0 Å². The van der Waals surface area contributed by atoms with Crippen LogP contribution in [0, 0.1) is 5.82 Å². The monoisotopic (exact) mass is 237 g/mol. The minimum Gasteiger partial charge on any atom is -0.463 e. The molecule has 1 saturated carbocycles. The minimum atomic E-state index is -0.238. The zero-order valence-electron chi connectivity index (χ0n) is 9.86. The second-order valence-electron chi connectivity index (χ2n) is 4.45. The lowest BCUT2D eigenvalue weighted by Crippen LogP contribution is -2.23. The van der Waals surface area contributed by atoms with Gasteiger partial charge < -0.3 is 4.74 Å². The first-order valence-electron chi connectivity index (χ1n) is 5.94. The fourth-order valence-electron chi connectivity index (χ4n) is 2.39. The summed E-state index contributed by atoms with van der Waals surface area (Å²) in [4.78, 5) is 14.9. The Kier molecular flexibility index (Phi) is 3.71. The van der Waals surface area contributed by atoms with Crippen LogP contribution in [-0.4, -0.2) is 17.1 Å². The molecular formula is C13H16FNO2. The van der Waals surface area contributed by atoms with Gasteiger partial charge in [-0.25, -0.2) is 4.39 Å². The number of hydrogen-bond acceptors (Lipinski definition) is 3. The summed E-state index contributed by atoms with van der Waals surface area (Å²) in [6.07, 6.45) is 4.85. The lowest BCUT2D eigenvalue weighted by Gasteiger charge is -2.27. The van der Waals surface area contributed by atoms with Crippen LogP contribution in [0.1, 0.15) is 44.2 Å². The van der Waals surface area contributed by atoms with Crippen LogP contribution in [0.25, 0.3) is 0 Å². The van der Waals surface area contributed by atoms with Gasteiger partial charge in [0.25, 0.3) is 0 Å².